The van der Waals surface area contributed by atoms with Gasteiger partial charge >= 0.3 is 12.1 Å². The minimum atomic E-state index is -1.59. The highest BCUT2D eigenvalue weighted by Crippen LogP contribution is 2.12. The smallest absolute Gasteiger partial charge is 0.408 e. The topological polar surface area (TPSA) is 84.9 Å². The summed E-state index contributed by atoms with van der Waals surface area (Å²) in [7, 11) is 0. The van der Waals surface area contributed by atoms with Gasteiger partial charge in [-0.3, -0.25) is 0 Å². The third-order valence-corrected chi connectivity index (χ3v) is 2.45. The van der Waals surface area contributed by atoms with Crippen molar-refractivity contribution in [1.82, 2.24) is 5.32 Å². The molecule has 1 aromatic carbocycles. The first-order chi connectivity index (χ1) is 9.48. The lowest BCUT2D eigenvalue weighted by atomic mass is 10.1. The predicted molar refractivity (Wildman–Crippen MR) is 72.7 cm³/mol. The number of carbonyl (C=O) groups excluding carboxylic acids is 1. The number of para-hydroxylation sites is 1. The van der Waals surface area contributed by atoms with E-state index in [1.54, 1.807) is 24.3 Å². The molecule has 0 aliphatic heterocycles. The zero-order valence-corrected chi connectivity index (χ0v) is 11.2. The molecule has 108 valence electrons. The second-order valence-corrected chi connectivity index (χ2v) is 4.25. The van der Waals surface area contributed by atoms with Crippen LogP contribution in [0.5, 0.6) is 5.75 Å². The standard InChI is InChI=1S/C14H17NO5/c1-3-9-19-13(18)15-14(2,12(16)17)10-20-11-7-5-4-6-8-11/h3-8H,1,9-10H2,2H3,(H,15,18)(H,16,17). The number of ether oxygens (including phenoxy) is 2. The summed E-state index contributed by atoms with van der Waals surface area (Å²) < 4.78 is 10.1. The van der Waals surface area contributed by atoms with Gasteiger partial charge in [0.15, 0.2) is 5.54 Å². The Hall–Kier alpha value is -2.50. The highest BCUT2D eigenvalue weighted by atomic mass is 16.5. The van der Waals surface area contributed by atoms with E-state index in [2.05, 4.69) is 11.9 Å². The summed E-state index contributed by atoms with van der Waals surface area (Å²) in [6.07, 6.45) is 0.546. The molecule has 1 rings (SSSR count). The number of aliphatic carboxylic acids is 1. The van der Waals surface area contributed by atoms with E-state index in [1.807, 2.05) is 6.07 Å². The van der Waals surface area contributed by atoms with Crippen LogP contribution in [0.2, 0.25) is 0 Å². The van der Waals surface area contributed by atoms with Crippen LogP contribution >= 0.6 is 0 Å². The molecule has 0 saturated carbocycles. The molecule has 0 heterocycles. The number of alkyl carbamates (subject to hydrolysis) is 1. The first-order valence-electron chi connectivity index (χ1n) is 5.95. The Kier molecular flexibility index (Phi) is 5.58. The van der Waals surface area contributed by atoms with Crippen LogP contribution in [0, 0.1) is 0 Å². The van der Waals surface area contributed by atoms with E-state index < -0.39 is 17.6 Å². The van der Waals surface area contributed by atoms with E-state index in [0.29, 0.717) is 5.75 Å². The van der Waals surface area contributed by atoms with Crippen LogP contribution in [-0.4, -0.2) is 35.9 Å². The number of benzene rings is 1. The third kappa shape index (κ3) is 4.64. The molecular formula is C14H17NO5. The maximum atomic E-state index is 11.4. The first-order valence-corrected chi connectivity index (χ1v) is 5.95. The van der Waals surface area contributed by atoms with Crippen molar-refractivity contribution in [1.29, 1.82) is 0 Å². The molecule has 2 N–H and O–H groups in total. The summed E-state index contributed by atoms with van der Waals surface area (Å²) in [6, 6.07) is 8.73. The molecule has 1 aromatic rings. The first kappa shape index (κ1) is 15.6. The fraction of sp³-hybridized carbons (Fsp3) is 0.286. The summed E-state index contributed by atoms with van der Waals surface area (Å²) in [5.74, 6) is -0.704. The van der Waals surface area contributed by atoms with Gasteiger partial charge in [-0.05, 0) is 19.1 Å². The van der Waals surface area contributed by atoms with Crippen LogP contribution in [0.4, 0.5) is 4.79 Å². The molecule has 6 nitrogen and oxygen atoms in total. The maximum Gasteiger partial charge on any atom is 0.408 e. The van der Waals surface area contributed by atoms with E-state index in [9.17, 15) is 14.7 Å². The SMILES string of the molecule is C=CCOC(=O)NC(C)(COc1ccccc1)C(=O)O. The monoisotopic (exact) mass is 279 g/mol. The average molecular weight is 279 g/mol. The number of carbonyl (C=O) groups is 2. The zero-order chi connectivity index (χ0) is 15.0. The molecule has 0 aromatic heterocycles. The van der Waals surface area contributed by atoms with E-state index in [1.165, 1.54) is 13.0 Å². The van der Waals surface area contributed by atoms with Crippen molar-refractivity contribution in [3.63, 3.8) is 0 Å². The Morgan fingerprint density at radius 2 is 2.05 bits per heavy atom. The highest BCUT2D eigenvalue weighted by Gasteiger charge is 2.36. The van der Waals surface area contributed by atoms with Gasteiger partial charge < -0.3 is 19.9 Å². The zero-order valence-electron chi connectivity index (χ0n) is 11.2. The summed E-state index contributed by atoms with van der Waals surface area (Å²) in [5.41, 5.74) is -1.59. The van der Waals surface area contributed by atoms with Gasteiger partial charge in [0.25, 0.3) is 0 Å². The summed E-state index contributed by atoms with van der Waals surface area (Å²) in [4.78, 5) is 22.7. The van der Waals surface area contributed by atoms with Crippen molar-refractivity contribution in [2.45, 2.75) is 12.5 Å². The van der Waals surface area contributed by atoms with Gasteiger partial charge in [0, 0.05) is 0 Å². The van der Waals surface area contributed by atoms with Gasteiger partial charge in [0.2, 0.25) is 0 Å². The number of hydrogen-bond donors (Lipinski definition) is 2. The normalized spacial score (nSPS) is 12.8. The molecule has 20 heavy (non-hydrogen) atoms. The molecule has 0 bridgehead atoms. The number of nitrogens with one attached hydrogen (secondary N) is 1. The minimum Gasteiger partial charge on any atom is -0.491 e. The van der Waals surface area contributed by atoms with Gasteiger partial charge in [-0.1, -0.05) is 30.9 Å². The van der Waals surface area contributed by atoms with E-state index in [-0.39, 0.29) is 13.2 Å². The molecule has 1 amide bonds. The van der Waals surface area contributed by atoms with Crippen LogP contribution in [0.25, 0.3) is 0 Å². The van der Waals surface area contributed by atoms with E-state index in [4.69, 9.17) is 9.47 Å². The number of carboxylic acids is 1. The third-order valence-electron chi connectivity index (χ3n) is 2.45. The average Bonchev–Trinajstić information content (AvgIpc) is 2.44. The van der Waals surface area contributed by atoms with Crippen molar-refractivity contribution in [3.05, 3.63) is 43.0 Å². The Balaban J connectivity index is 2.64. The molecule has 0 saturated heterocycles. The van der Waals surface area contributed by atoms with Gasteiger partial charge in [0.05, 0.1) is 0 Å². The molecule has 0 spiro atoms. The van der Waals surface area contributed by atoms with Crippen LogP contribution < -0.4 is 10.1 Å². The van der Waals surface area contributed by atoms with Crippen LogP contribution in [0.1, 0.15) is 6.92 Å². The second kappa shape index (κ2) is 7.18. The second-order valence-electron chi connectivity index (χ2n) is 4.25. The summed E-state index contributed by atoms with van der Waals surface area (Å²) in [6.45, 7) is 4.51. The van der Waals surface area contributed by atoms with Crippen molar-refractivity contribution >= 4 is 12.1 Å². The minimum absolute atomic E-state index is 0.00107. The van der Waals surface area contributed by atoms with Gasteiger partial charge in [-0.2, -0.15) is 0 Å². The van der Waals surface area contributed by atoms with Crippen molar-refractivity contribution in [2.24, 2.45) is 0 Å². The quantitative estimate of drug-likeness (QED) is 0.744. The lowest BCUT2D eigenvalue weighted by Crippen LogP contribution is -2.56. The molecule has 0 fully saturated rings. The number of rotatable bonds is 7. The fourth-order valence-electron chi connectivity index (χ4n) is 1.29. The largest absolute Gasteiger partial charge is 0.491 e. The van der Waals surface area contributed by atoms with Crippen molar-refractivity contribution in [3.8, 4) is 5.75 Å². The van der Waals surface area contributed by atoms with Crippen molar-refractivity contribution < 1.29 is 24.2 Å². The van der Waals surface area contributed by atoms with E-state index in [0.717, 1.165) is 0 Å². The Morgan fingerprint density at radius 3 is 2.60 bits per heavy atom. The van der Waals surface area contributed by atoms with Gasteiger partial charge in [-0.15, -0.1) is 0 Å². The Morgan fingerprint density at radius 1 is 1.40 bits per heavy atom. The molecule has 1 unspecified atom stereocenters. The summed E-state index contributed by atoms with van der Waals surface area (Å²) >= 11 is 0. The van der Waals surface area contributed by atoms with Gasteiger partial charge in [-0.25, -0.2) is 9.59 Å². The number of amides is 1. The Bertz CT molecular complexity index is 474. The molecule has 6 heteroatoms. The van der Waals surface area contributed by atoms with Crippen LogP contribution in [0.15, 0.2) is 43.0 Å². The Labute approximate surface area is 117 Å². The highest BCUT2D eigenvalue weighted by molar-refractivity contribution is 5.84. The lowest BCUT2D eigenvalue weighted by Gasteiger charge is -2.25. The van der Waals surface area contributed by atoms with Gasteiger partial charge in [0.1, 0.15) is 19.0 Å². The molecule has 0 radical (unpaired) electrons. The predicted octanol–water partition coefficient (Wildman–Crippen LogP) is 1.82. The van der Waals surface area contributed by atoms with E-state index >= 15 is 0 Å². The molecular weight excluding hydrogens is 262 g/mol. The van der Waals surface area contributed by atoms with Crippen molar-refractivity contribution in [2.75, 3.05) is 13.2 Å². The fourth-order valence-corrected chi connectivity index (χ4v) is 1.29. The summed E-state index contributed by atoms with van der Waals surface area (Å²) in [5, 5.41) is 11.5. The van der Waals surface area contributed by atoms with Crippen LogP contribution in [-0.2, 0) is 9.53 Å². The number of carboxylic acid groups (broad SMARTS) is 1. The molecule has 0 aliphatic rings. The number of hydrogen-bond acceptors (Lipinski definition) is 4. The maximum absolute atomic E-state index is 11.4. The lowest BCUT2D eigenvalue weighted by molar-refractivity contribution is -0.145. The molecule has 1 atom stereocenters. The molecule has 0 aliphatic carbocycles. The van der Waals surface area contributed by atoms with Crippen LogP contribution in [0.3, 0.4) is 0 Å².